The van der Waals surface area contributed by atoms with Crippen molar-refractivity contribution in [1.29, 1.82) is 5.26 Å². The number of anilines is 1. The molecule has 0 radical (unpaired) electrons. The van der Waals surface area contributed by atoms with Gasteiger partial charge in [-0.25, -0.2) is 4.98 Å². The molecule has 1 aromatic carbocycles. The fraction of sp³-hybridized carbons (Fsp3) is 0.333. The van der Waals surface area contributed by atoms with Crippen LogP contribution in [-0.4, -0.2) is 34.8 Å². The minimum Gasteiger partial charge on any atom is -0.490 e. The molecule has 29 heavy (non-hydrogen) atoms. The molecule has 148 valence electrons. The lowest BCUT2D eigenvalue weighted by Crippen LogP contribution is -2.34. The highest BCUT2D eigenvalue weighted by molar-refractivity contribution is 5.80. The van der Waals surface area contributed by atoms with Gasteiger partial charge in [0.1, 0.15) is 24.0 Å². The summed E-state index contributed by atoms with van der Waals surface area (Å²) >= 11 is 0. The molecule has 0 atom stereocenters. The van der Waals surface area contributed by atoms with Gasteiger partial charge in [0, 0.05) is 24.0 Å². The Bertz CT molecular complexity index is 1140. The molecule has 3 heterocycles. The summed E-state index contributed by atoms with van der Waals surface area (Å²) in [6.07, 6.45) is -0.340. The molecule has 1 saturated carbocycles. The molecule has 0 saturated heterocycles. The van der Waals surface area contributed by atoms with Gasteiger partial charge in [-0.2, -0.15) is 18.4 Å². The van der Waals surface area contributed by atoms with Crippen molar-refractivity contribution in [2.45, 2.75) is 31.5 Å². The van der Waals surface area contributed by atoms with E-state index >= 15 is 0 Å². The highest BCUT2D eigenvalue weighted by Crippen LogP contribution is 2.41. The third-order valence-electron chi connectivity index (χ3n) is 5.41. The normalized spacial score (nSPS) is 16.4. The van der Waals surface area contributed by atoms with Crippen molar-refractivity contribution in [3.8, 4) is 22.9 Å². The summed E-state index contributed by atoms with van der Waals surface area (Å²) in [6.45, 7) is 1.47. The summed E-state index contributed by atoms with van der Waals surface area (Å²) in [5.41, 5.74) is 2.93. The quantitative estimate of drug-likeness (QED) is 0.659. The highest BCUT2D eigenvalue weighted by atomic mass is 19.4. The van der Waals surface area contributed by atoms with E-state index in [0.717, 1.165) is 23.5 Å². The number of hydrogen-bond donors (Lipinski definition) is 0. The molecular formula is C21H17F3N4O. The van der Waals surface area contributed by atoms with Crippen molar-refractivity contribution in [3.63, 3.8) is 0 Å². The maximum Gasteiger partial charge on any atom is 0.394 e. The molecule has 5 nitrogen and oxygen atoms in total. The zero-order valence-corrected chi connectivity index (χ0v) is 15.4. The number of imidazole rings is 1. The molecule has 3 aromatic rings. The largest absolute Gasteiger partial charge is 0.490 e. The molecule has 0 spiro atoms. The van der Waals surface area contributed by atoms with Crippen molar-refractivity contribution in [2.75, 3.05) is 18.1 Å². The van der Waals surface area contributed by atoms with E-state index < -0.39 is 12.6 Å². The van der Waals surface area contributed by atoms with Crippen LogP contribution in [0.3, 0.4) is 0 Å². The number of benzene rings is 1. The van der Waals surface area contributed by atoms with Gasteiger partial charge < -0.3 is 14.0 Å². The number of pyridine rings is 1. The summed E-state index contributed by atoms with van der Waals surface area (Å²) < 4.78 is 45.6. The van der Waals surface area contributed by atoms with E-state index in [1.54, 1.807) is 6.07 Å². The van der Waals surface area contributed by atoms with Crippen LogP contribution in [0, 0.1) is 11.3 Å². The van der Waals surface area contributed by atoms with Crippen molar-refractivity contribution in [1.82, 2.24) is 9.38 Å². The minimum absolute atomic E-state index is 0.00407. The first-order valence-electron chi connectivity index (χ1n) is 9.44. The molecule has 2 aromatic heterocycles. The molecule has 0 amide bonds. The number of aromatic nitrogens is 2. The Balaban J connectivity index is 1.58. The second-order valence-electron chi connectivity index (χ2n) is 7.41. The maximum atomic E-state index is 12.8. The number of hydrogen-bond acceptors (Lipinski definition) is 4. The zero-order valence-electron chi connectivity index (χ0n) is 15.4. The summed E-state index contributed by atoms with van der Waals surface area (Å²) in [4.78, 5) is 6.45. The van der Waals surface area contributed by atoms with Gasteiger partial charge in [-0.05, 0) is 36.6 Å². The fourth-order valence-corrected chi connectivity index (χ4v) is 3.96. The molecule has 0 N–H and O–H groups in total. The number of nitrogens with zero attached hydrogens (tertiary/aromatic N) is 4. The smallest absolute Gasteiger partial charge is 0.394 e. The van der Waals surface area contributed by atoms with Gasteiger partial charge in [-0.1, -0.05) is 6.07 Å². The summed E-state index contributed by atoms with van der Waals surface area (Å²) in [6, 6.07) is 10.2. The Morgan fingerprint density at radius 1 is 1.24 bits per heavy atom. The third-order valence-corrected chi connectivity index (χ3v) is 5.41. The van der Waals surface area contributed by atoms with E-state index in [1.165, 1.54) is 29.6 Å². The van der Waals surface area contributed by atoms with Gasteiger partial charge in [0.15, 0.2) is 5.65 Å². The average molecular weight is 398 g/mol. The van der Waals surface area contributed by atoms with Gasteiger partial charge >= 0.3 is 6.18 Å². The van der Waals surface area contributed by atoms with Crippen LogP contribution >= 0.6 is 0 Å². The van der Waals surface area contributed by atoms with Gasteiger partial charge in [-0.15, -0.1) is 0 Å². The Labute approximate surface area is 164 Å². The Hall–Kier alpha value is -3.21. The van der Waals surface area contributed by atoms with Crippen LogP contribution in [0.5, 0.6) is 5.75 Å². The second-order valence-corrected chi connectivity index (χ2v) is 7.41. The van der Waals surface area contributed by atoms with Gasteiger partial charge in [0.05, 0.1) is 24.3 Å². The Morgan fingerprint density at radius 2 is 2.07 bits per heavy atom. The lowest BCUT2D eigenvalue weighted by molar-refractivity contribution is -0.127. The van der Waals surface area contributed by atoms with Crippen LogP contribution in [0.4, 0.5) is 18.9 Å². The van der Waals surface area contributed by atoms with Crippen LogP contribution in [0.15, 0.2) is 36.7 Å². The van der Waals surface area contributed by atoms with Gasteiger partial charge in [0.2, 0.25) is 0 Å². The molecule has 1 aliphatic carbocycles. The lowest BCUT2D eigenvalue weighted by atomic mass is 10.0. The van der Waals surface area contributed by atoms with Crippen molar-refractivity contribution < 1.29 is 17.9 Å². The fourth-order valence-electron chi connectivity index (χ4n) is 3.96. The highest BCUT2D eigenvalue weighted by Gasteiger charge is 2.33. The predicted molar refractivity (Wildman–Crippen MR) is 101 cm³/mol. The molecule has 1 fully saturated rings. The topological polar surface area (TPSA) is 53.6 Å². The van der Waals surface area contributed by atoms with E-state index in [9.17, 15) is 18.4 Å². The Morgan fingerprint density at radius 3 is 2.79 bits per heavy atom. The van der Waals surface area contributed by atoms with Crippen LogP contribution in [0.1, 0.15) is 24.1 Å². The molecule has 5 rings (SSSR count). The van der Waals surface area contributed by atoms with E-state index in [2.05, 4.69) is 16.0 Å². The second kappa shape index (κ2) is 6.41. The first-order chi connectivity index (χ1) is 13.9. The predicted octanol–water partition coefficient (Wildman–Crippen LogP) is 4.34. The zero-order chi connectivity index (χ0) is 20.2. The van der Waals surface area contributed by atoms with Crippen LogP contribution in [0.25, 0.3) is 16.8 Å². The molecule has 0 bridgehead atoms. The molecule has 8 heteroatoms. The minimum atomic E-state index is -4.34. The van der Waals surface area contributed by atoms with E-state index in [0.29, 0.717) is 18.2 Å². The number of alkyl halides is 3. The number of nitriles is 1. The summed E-state index contributed by atoms with van der Waals surface area (Å²) in [5.74, 6) is 0.769. The van der Waals surface area contributed by atoms with Crippen LogP contribution in [0.2, 0.25) is 0 Å². The van der Waals surface area contributed by atoms with Crippen molar-refractivity contribution >= 4 is 11.3 Å². The van der Waals surface area contributed by atoms with Crippen molar-refractivity contribution in [2.24, 2.45) is 0 Å². The summed E-state index contributed by atoms with van der Waals surface area (Å²) in [5, 5.41) is 9.72. The van der Waals surface area contributed by atoms with E-state index in [-0.39, 0.29) is 16.9 Å². The molecule has 2 aliphatic rings. The number of halogens is 3. The van der Waals surface area contributed by atoms with E-state index in [4.69, 9.17) is 4.74 Å². The number of fused-ring (bicyclic) bond motifs is 2. The average Bonchev–Trinajstić information content (AvgIpc) is 3.47. The summed E-state index contributed by atoms with van der Waals surface area (Å²) in [7, 11) is 0. The van der Waals surface area contributed by atoms with E-state index in [1.807, 2.05) is 18.2 Å². The molecule has 0 unspecified atom stereocenters. The number of ether oxygens (including phenoxy) is 1. The molecular weight excluding hydrogens is 381 g/mol. The Kier molecular flexibility index (Phi) is 3.95. The monoisotopic (exact) mass is 398 g/mol. The first-order valence-corrected chi connectivity index (χ1v) is 9.44. The lowest BCUT2D eigenvalue weighted by Gasteiger charge is -2.31. The van der Waals surface area contributed by atoms with Gasteiger partial charge in [-0.3, -0.25) is 0 Å². The van der Waals surface area contributed by atoms with Gasteiger partial charge in [0.25, 0.3) is 0 Å². The van der Waals surface area contributed by atoms with Crippen LogP contribution in [-0.2, 0) is 6.42 Å². The van der Waals surface area contributed by atoms with Crippen molar-refractivity contribution in [3.05, 3.63) is 47.9 Å². The van der Waals surface area contributed by atoms with Crippen LogP contribution < -0.4 is 9.64 Å². The SMILES string of the molecule is N#Cc1c(-c2ccc3c(c2)OCCN3C2CC2)ccn2c(CC(F)(F)F)cnc12. The molecule has 1 aliphatic heterocycles. The third kappa shape index (κ3) is 3.16. The first kappa shape index (κ1) is 17.9. The maximum absolute atomic E-state index is 12.8. The number of rotatable bonds is 3. The standard InChI is InChI=1S/C21H17F3N4O/c22-21(23,24)10-15-12-26-20-17(11-25)16(5-6-28(15)20)13-1-4-18-19(9-13)29-8-7-27(18)14-2-3-14/h1,4-6,9,12,14H,2-3,7-8,10H2.